The zero-order chi connectivity index (χ0) is 19.0. The van der Waals surface area contributed by atoms with Crippen molar-refractivity contribution in [2.75, 3.05) is 19.7 Å². The molecule has 0 radical (unpaired) electrons. The van der Waals surface area contributed by atoms with Gasteiger partial charge in [0.1, 0.15) is 0 Å². The van der Waals surface area contributed by atoms with Crippen LogP contribution >= 0.6 is 0 Å². The summed E-state index contributed by atoms with van der Waals surface area (Å²) in [5, 5.41) is 31.4. The smallest absolute Gasteiger partial charge is 0.0902 e. The van der Waals surface area contributed by atoms with E-state index in [2.05, 4.69) is 17.7 Å². The van der Waals surface area contributed by atoms with Crippen molar-refractivity contribution < 1.29 is 15.3 Å². The van der Waals surface area contributed by atoms with Crippen LogP contribution in [0.3, 0.4) is 0 Å². The van der Waals surface area contributed by atoms with E-state index in [0.717, 1.165) is 62.6 Å². The van der Waals surface area contributed by atoms with E-state index in [0.29, 0.717) is 6.54 Å². The molecule has 1 aliphatic heterocycles. The van der Waals surface area contributed by atoms with Crippen LogP contribution in [-0.4, -0.2) is 57.2 Å². The molecule has 0 aromatic rings. The highest BCUT2D eigenvalue weighted by atomic mass is 16.3. The van der Waals surface area contributed by atoms with E-state index in [1.54, 1.807) is 6.08 Å². The zero-order valence-corrected chi connectivity index (χ0v) is 16.2. The molecule has 4 nitrogen and oxygen atoms in total. The predicted molar refractivity (Wildman–Crippen MR) is 103 cm³/mol. The average Bonchev–Trinajstić information content (AvgIpc) is 3.35. The SMILES string of the molecule is C#C/C(=C(C)\C=C/CO)C12CCCCC1(O)C(C)N(CC1(O)CC1)CC2. The maximum absolute atomic E-state index is 11.9. The number of rotatable bonds is 5. The molecule has 1 saturated heterocycles. The minimum Gasteiger partial charge on any atom is -0.392 e. The van der Waals surface area contributed by atoms with Gasteiger partial charge >= 0.3 is 0 Å². The van der Waals surface area contributed by atoms with Crippen LogP contribution in [-0.2, 0) is 0 Å². The fourth-order valence-electron chi connectivity index (χ4n) is 5.36. The molecule has 1 heterocycles. The first-order valence-corrected chi connectivity index (χ1v) is 9.96. The Morgan fingerprint density at radius 1 is 1.19 bits per heavy atom. The van der Waals surface area contributed by atoms with E-state index in [9.17, 15) is 10.2 Å². The van der Waals surface area contributed by atoms with Crippen molar-refractivity contribution in [1.29, 1.82) is 0 Å². The van der Waals surface area contributed by atoms with E-state index in [4.69, 9.17) is 11.5 Å². The Labute approximate surface area is 157 Å². The molecule has 2 saturated carbocycles. The van der Waals surface area contributed by atoms with Gasteiger partial charge in [-0.15, -0.1) is 6.42 Å². The number of aliphatic hydroxyl groups excluding tert-OH is 1. The normalized spacial score (nSPS) is 37.8. The van der Waals surface area contributed by atoms with Crippen molar-refractivity contribution in [2.45, 2.75) is 76.0 Å². The molecule has 0 spiro atoms. The summed E-state index contributed by atoms with van der Waals surface area (Å²) in [6.07, 6.45) is 15.8. The molecule has 26 heavy (non-hydrogen) atoms. The van der Waals surface area contributed by atoms with Gasteiger partial charge in [-0.3, -0.25) is 4.90 Å². The number of nitrogens with zero attached hydrogens (tertiary/aromatic N) is 1. The van der Waals surface area contributed by atoms with E-state index < -0.39 is 16.6 Å². The lowest BCUT2D eigenvalue weighted by Gasteiger charge is -2.60. The maximum Gasteiger partial charge on any atom is 0.0902 e. The van der Waals surface area contributed by atoms with Gasteiger partial charge in [-0.05, 0) is 58.1 Å². The van der Waals surface area contributed by atoms with Crippen LogP contribution in [0.15, 0.2) is 23.3 Å². The van der Waals surface area contributed by atoms with E-state index in [1.807, 2.05) is 13.0 Å². The summed E-state index contributed by atoms with van der Waals surface area (Å²) < 4.78 is 0. The standard InChI is InChI=1S/C22H33NO3/c1-4-19(17(2)8-7-15-24)21-9-5-6-10-22(21,26)18(3)23(14-13-21)16-20(25)11-12-20/h1,7-8,18,24-26H,5-6,9-16H2,2-3H3/b8-7-,19-17+. The highest BCUT2D eigenvalue weighted by Crippen LogP contribution is 2.57. The molecule has 3 aliphatic rings. The molecule has 3 rings (SSSR count). The number of allylic oxidation sites excluding steroid dienone is 2. The number of hydrogen-bond donors (Lipinski definition) is 3. The van der Waals surface area contributed by atoms with Gasteiger partial charge in [-0.1, -0.05) is 30.9 Å². The van der Waals surface area contributed by atoms with Crippen molar-refractivity contribution in [2.24, 2.45) is 5.41 Å². The first kappa shape index (κ1) is 19.6. The molecule has 0 amide bonds. The average molecular weight is 360 g/mol. The van der Waals surface area contributed by atoms with Gasteiger partial charge in [0.2, 0.25) is 0 Å². The Morgan fingerprint density at radius 3 is 2.50 bits per heavy atom. The molecule has 4 heteroatoms. The zero-order valence-electron chi connectivity index (χ0n) is 16.2. The summed E-state index contributed by atoms with van der Waals surface area (Å²) in [5.41, 5.74) is 0.00464. The van der Waals surface area contributed by atoms with Crippen LogP contribution in [0.5, 0.6) is 0 Å². The number of terminal acetylenes is 1. The van der Waals surface area contributed by atoms with Crippen LogP contribution in [0, 0.1) is 17.8 Å². The van der Waals surface area contributed by atoms with E-state index in [1.165, 1.54) is 0 Å². The predicted octanol–water partition coefficient (Wildman–Crippen LogP) is 2.40. The summed E-state index contributed by atoms with van der Waals surface area (Å²) in [6.45, 7) is 5.54. The molecule has 0 aromatic heterocycles. The number of aliphatic hydroxyl groups is 3. The van der Waals surface area contributed by atoms with E-state index >= 15 is 0 Å². The second-order valence-electron chi connectivity index (χ2n) is 8.62. The summed E-state index contributed by atoms with van der Waals surface area (Å²) in [5.74, 6) is 2.91. The van der Waals surface area contributed by atoms with Crippen molar-refractivity contribution in [3.05, 3.63) is 23.3 Å². The molecule has 3 unspecified atom stereocenters. The first-order chi connectivity index (χ1) is 12.3. The number of β-amino-alcohol motifs (C(OH)–C–C–N with tert-alkyl or cyclic N) is 1. The summed E-state index contributed by atoms with van der Waals surface area (Å²) >= 11 is 0. The van der Waals surface area contributed by atoms with Gasteiger partial charge in [0.15, 0.2) is 0 Å². The molecular weight excluding hydrogens is 326 g/mol. The summed E-state index contributed by atoms with van der Waals surface area (Å²) in [7, 11) is 0. The molecule has 3 N–H and O–H groups in total. The lowest BCUT2D eigenvalue weighted by Crippen LogP contribution is -2.68. The molecule has 3 atom stereocenters. The fraction of sp³-hybridized carbons (Fsp3) is 0.727. The number of hydrogen-bond acceptors (Lipinski definition) is 4. The fourth-order valence-corrected chi connectivity index (χ4v) is 5.36. The minimum absolute atomic E-state index is 0.0186. The third-order valence-electron chi connectivity index (χ3n) is 7.12. The van der Waals surface area contributed by atoms with Gasteiger partial charge in [-0.2, -0.15) is 0 Å². The van der Waals surface area contributed by atoms with Crippen LogP contribution in [0.25, 0.3) is 0 Å². The quantitative estimate of drug-likeness (QED) is 0.521. The van der Waals surface area contributed by atoms with Gasteiger partial charge in [0.25, 0.3) is 0 Å². The van der Waals surface area contributed by atoms with Crippen molar-refractivity contribution >= 4 is 0 Å². The maximum atomic E-state index is 11.9. The lowest BCUT2D eigenvalue weighted by molar-refractivity contribution is -0.177. The van der Waals surface area contributed by atoms with E-state index in [-0.39, 0.29) is 12.6 Å². The van der Waals surface area contributed by atoms with Crippen LogP contribution in [0.1, 0.15) is 58.8 Å². The summed E-state index contributed by atoms with van der Waals surface area (Å²) in [4.78, 5) is 2.27. The summed E-state index contributed by atoms with van der Waals surface area (Å²) in [6, 6.07) is -0.0425. The van der Waals surface area contributed by atoms with Crippen molar-refractivity contribution in [1.82, 2.24) is 4.90 Å². The third kappa shape index (κ3) is 3.16. The number of likely N-dealkylation sites (tertiary alicyclic amines) is 1. The lowest BCUT2D eigenvalue weighted by atomic mass is 9.53. The molecular formula is C22H33NO3. The molecule has 0 bridgehead atoms. The van der Waals surface area contributed by atoms with Crippen LogP contribution < -0.4 is 0 Å². The Morgan fingerprint density at radius 2 is 1.88 bits per heavy atom. The molecule has 2 aliphatic carbocycles. The highest BCUT2D eigenvalue weighted by molar-refractivity contribution is 5.45. The van der Waals surface area contributed by atoms with Gasteiger partial charge in [-0.25, -0.2) is 0 Å². The Bertz CT molecular complexity index is 642. The molecule has 0 aromatic carbocycles. The minimum atomic E-state index is -0.884. The van der Waals surface area contributed by atoms with Crippen LogP contribution in [0.2, 0.25) is 0 Å². The third-order valence-corrected chi connectivity index (χ3v) is 7.12. The molecule has 3 fully saturated rings. The second-order valence-corrected chi connectivity index (χ2v) is 8.62. The topological polar surface area (TPSA) is 63.9 Å². The monoisotopic (exact) mass is 359 g/mol. The second kappa shape index (κ2) is 7.13. The van der Waals surface area contributed by atoms with Crippen molar-refractivity contribution in [3.63, 3.8) is 0 Å². The Kier molecular flexibility index (Phi) is 5.38. The highest BCUT2D eigenvalue weighted by Gasteiger charge is 2.61. The van der Waals surface area contributed by atoms with Gasteiger partial charge in [0.05, 0.1) is 17.8 Å². The van der Waals surface area contributed by atoms with Crippen molar-refractivity contribution in [3.8, 4) is 12.3 Å². The molecule has 144 valence electrons. The largest absolute Gasteiger partial charge is 0.392 e. The van der Waals surface area contributed by atoms with Gasteiger partial charge < -0.3 is 15.3 Å². The number of fused-ring (bicyclic) bond motifs is 1. The first-order valence-electron chi connectivity index (χ1n) is 9.96. The Hall–Kier alpha value is -1.12. The Balaban J connectivity index is 1.99. The number of piperidine rings is 1. The van der Waals surface area contributed by atoms with Crippen LogP contribution in [0.4, 0.5) is 0 Å². The van der Waals surface area contributed by atoms with Gasteiger partial charge in [0, 0.05) is 23.6 Å².